The molecule has 142 valence electrons. The van der Waals surface area contributed by atoms with E-state index >= 15 is 0 Å². The van der Waals surface area contributed by atoms with Crippen LogP contribution in [0.5, 0.6) is 0 Å². The first-order valence-electron chi connectivity index (χ1n) is 9.17. The van der Waals surface area contributed by atoms with Gasteiger partial charge in [0.1, 0.15) is 0 Å². The number of rotatable bonds is 4. The summed E-state index contributed by atoms with van der Waals surface area (Å²) in [5, 5.41) is 12.0. The molecule has 0 heterocycles. The molecule has 26 heavy (non-hydrogen) atoms. The second-order valence-corrected chi connectivity index (χ2v) is 37.4. The normalized spacial score (nSPS) is 19.0. The van der Waals surface area contributed by atoms with Crippen molar-refractivity contribution in [3.8, 4) is 11.1 Å². The van der Waals surface area contributed by atoms with Gasteiger partial charge < -0.3 is 0 Å². The van der Waals surface area contributed by atoms with Gasteiger partial charge in [0.2, 0.25) is 0 Å². The van der Waals surface area contributed by atoms with Gasteiger partial charge in [0, 0.05) is 0 Å². The molecule has 0 saturated carbocycles. The van der Waals surface area contributed by atoms with Gasteiger partial charge in [-0.1, -0.05) is 0 Å². The minimum absolute atomic E-state index is 0.132. The zero-order valence-corrected chi connectivity index (χ0v) is 19.1. The number of hydrogen-bond acceptors (Lipinski definition) is 2. The van der Waals surface area contributed by atoms with Crippen LogP contribution >= 0.6 is 18.6 Å². The predicted molar refractivity (Wildman–Crippen MR) is 113 cm³/mol. The predicted octanol–water partition coefficient (Wildman–Crippen LogP) is 6.02. The van der Waals surface area contributed by atoms with Crippen LogP contribution in [0.3, 0.4) is 0 Å². The zero-order valence-electron chi connectivity index (χ0n) is 16.0. The van der Waals surface area contributed by atoms with E-state index in [1.807, 2.05) is 50.3 Å². The van der Waals surface area contributed by atoms with Gasteiger partial charge >= 0.3 is 161 Å². The van der Waals surface area contributed by atoms with Crippen LogP contribution in [0, 0.1) is 0 Å². The van der Waals surface area contributed by atoms with Crippen LogP contribution in [0.25, 0.3) is 11.1 Å². The molecule has 2 N–H and O–H groups in total. The molecule has 0 aromatic heterocycles. The van der Waals surface area contributed by atoms with Crippen LogP contribution in [0.4, 0.5) is 0 Å². The SMILES string of the molecule is [CH2]=[Ti]([CH3])([Cl])([Cl])([CH2]CO)([NH]C(C)(C)C)[CH]1c2ccccc2-c2ccccc21. The molecule has 2 aromatic carbocycles. The Morgan fingerprint density at radius 1 is 1.00 bits per heavy atom. The van der Waals surface area contributed by atoms with E-state index in [1.54, 1.807) is 0 Å². The molecule has 2 aromatic rings. The van der Waals surface area contributed by atoms with Crippen molar-refractivity contribution in [1.82, 2.24) is 3.80 Å². The Labute approximate surface area is 160 Å². The fourth-order valence-electron chi connectivity index (χ4n) is 5.38. The van der Waals surface area contributed by atoms with E-state index in [-0.39, 0.29) is 21.1 Å². The van der Waals surface area contributed by atoms with Crippen molar-refractivity contribution >= 4 is 23.4 Å². The molecule has 0 amide bonds. The average Bonchev–Trinajstić information content (AvgIpc) is 2.80. The van der Waals surface area contributed by atoms with Crippen LogP contribution in [-0.2, 0) is 10.4 Å². The number of nitrogens with one attached hydrogen (secondary N) is 1. The van der Waals surface area contributed by atoms with Gasteiger partial charge in [0.25, 0.3) is 0 Å². The molecule has 1 aliphatic rings. The first-order valence-corrected chi connectivity index (χ1v) is 18.9. The molecule has 1 aliphatic carbocycles. The van der Waals surface area contributed by atoms with E-state index in [1.165, 1.54) is 0 Å². The molecule has 0 atom stereocenters. The fourth-order valence-corrected chi connectivity index (χ4v) is 21.2. The van der Waals surface area contributed by atoms with E-state index in [0.29, 0.717) is 0 Å². The number of aliphatic hydroxyl groups is 1. The molecule has 0 bridgehead atoms. The first kappa shape index (κ1) is 20.3. The standard InChI is InChI=1S/C13H9.C4H10N.C2H5O.CH3.CH2.2ClH.Ti/c1-3-7-12-10(5-1)9-11-6-2-4-8-13(11)12;1-4(2,3)5;1-2-3;;;;;/h1-9H;5H,1-3H3;3H,1-2H2;1H3;1H2;2*1H;/q;-1;;;;;;+3/p-2. The van der Waals surface area contributed by atoms with Crippen molar-refractivity contribution in [2.24, 2.45) is 0 Å². The Kier molecular flexibility index (Phi) is 3.83. The third-order valence-corrected chi connectivity index (χ3v) is 19.9. The van der Waals surface area contributed by atoms with Crippen molar-refractivity contribution in [2.45, 2.75) is 40.5 Å². The molecule has 2 nitrogen and oxygen atoms in total. The molecule has 0 unspecified atom stereocenters. The van der Waals surface area contributed by atoms with Crippen LogP contribution in [0.1, 0.15) is 36.1 Å². The van der Waals surface area contributed by atoms with Gasteiger partial charge in [0.05, 0.1) is 0 Å². The van der Waals surface area contributed by atoms with Crippen molar-refractivity contribution < 1.29 is 15.5 Å². The molecule has 0 fully saturated rings. The van der Waals surface area contributed by atoms with Crippen molar-refractivity contribution in [3.05, 3.63) is 59.7 Å². The van der Waals surface area contributed by atoms with Crippen molar-refractivity contribution in [2.75, 3.05) is 6.61 Å². The summed E-state index contributed by atoms with van der Waals surface area (Å²) in [6, 6.07) is 16.5. The van der Waals surface area contributed by atoms with Gasteiger partial charge in [-0.05, 0) is 0 Å². The summed E-state index contributed by atoms with van der Waals surface area (Å²) in [7, 11) is 9.59. The summed E-state index contributed by atoms with van der Waals surface area (Å²) in [5.41, 5.74) is 4.06. The van der Waals surface area contributed by atoms with E-state index in [2.05, 4.69) is 32.9 Å². The molecule has 0 spiro atoms. The maximum absolute atomic E-state index is 10.0. The number of fused-ring (bicyclic) bond motifs is 3. The zero-order chi connectivity index (χ0) is 19.5. The van der Waals surface area contributed by atoms with Gasteiger partial charge in [-0.2, -0.15) is 0 Å². The number of halogens is 2. The van der Waals surface area contributed by atoms with Crippen LogP contribution in [0.15, 0.2) is 48.5 Å². The van der Waals surface area contributed by atoms with Gasteiger partial charge in [-0.15, -0.1) is 0 Å². The number of hydrogen-bond donors (Lipinski definition) is 2. The molecule has 5 heteroatoms. The molecular formula is C21H29Cl2NOTi. The number of benzene rings is 2. The van der Waals surface area contributed by atoms with Crippen molar-refractivity contribution in [3.63, 3.8) is 0 Å². The topological polar surface area (TPSA) is 32.3 Å². The minimum atomic E-state index is -5.84. The Hall–Kier alpha value is -0.476. The molecule has 3 rings (SSSR count). The Morgan fingerprint density at radius 2 is 1.42 bits per heavy atom. The fraction of sp³-hybridized carbons (Fsp3) is 0.381. The van der Waals surface area contributed by atoms with E-state index in [0.717, 1.165) is 22.3 Å². The maximum atomic E-state index is 10.0. The summed E-state index contributed by atoms with van der Waals surface area (Å²) >= 11 is 0. The monoisotopic (exact) mass is 429 g/mol. The first-order chi connectivity index (χ1) is 11.6. The molecule has 0 radical (unpaired) electrons. The third kappa shape index (κ3) is 3.15. The summed E-state index contributed by atoms with van der Waals surface area (Å²) in [5.74, 6) is 0. The Balaban J connectivity index is 2.47. The van der Waals surface area contributed by atoms with Gasteiger partial charge in [-0.25, -0.2) is 0 Å². The summed E-state index contributed by atoms with van der Waals surface area (Å²) < 4.78 is 3.53. The van der Waals surface area contributed by atoms with Crippen LogP contribution in [0.2, 0.25) is 9.95 Å². The second-order valence-electron chi connectivity index (χ2n) is 10.2. The van der Waals surface area contributed by atoms with Gasteiger partial charge in [0.15, 0.2) is 0 Å². The summed E-state index contributed by atoms with van der Waals surface area (Å²) in [4.78, 5) is 4.66. The van der Waals surface area contributed by atoms with E-state index in [4.69, 9.17) is 18.6 Å². The van der Waals surface area contributed by atoms with Crippen LogP contribution < -0.4 is 3.80 Å². The summed E-state index contributed by atoms with van der Waals surface area (Å²) in [6.07, 6.45) is 0. The molecule has 0 aliphatic heterocycles. The van der Waals surface area contributed by atoms with E-state index in [9.17, 15) is 5.11 Å². The Morgan fingerprint density at radius 3 is 1.81 bits per heavy atom. The van der Waals surface area contributed by atoms with Gasteiger partial charge in [-0.3, -0.25) is 0 Å². The van der Waals surface area contributed by atoms with E-state index < -0.39 is 10.4 Å². The second kappa shape index (κ2) is 4.92. The molecular weight excluding hydrogens is 401 g/mol. The number of aliphatic hydroxyl groups excluding tert-OH is 1. The summed E-state index contributed by atoms with van der Waals surface area (Å²) in [6.45, 7) is 5.99. The Bertz CT molecular complexity index is 966. The molecule has 0 saturated heterocycles. The van der Waals surface area contributed by atoms with Crippen LogP contribution in [-0.4, -0.2) is 22.1 Å². The quantitative estimate of drug-likeness (QED) is 0.582. The average molecular weight is 430 g/mol. The van der Waals surface area contributed by atoms with Crippen molar-refractivity contribution in [1.29, 1.82) is 0 Å². The third-order valence-electron chi connectivity index (χ3n) is 5.73.